The molecule has 0 atom stereocenters. The fourth-order valence-electron chi connectivity index (χ4n) is 2.57. The van der Waals surface area contributed by atoms with Gasteiger partial charge in [-0.1, -0.05) is 34.1 Å². The van der Waals surface area contributed by atoms with E-state index in [1.54, 1.807) is 0 Å². The topological polar surface area (TPSA) is 12.5 Å². The average Bonchev–Trinajstić information content (AvgIpc) is 2.50. The molecule has 0 aromatic heterocycles. The van der Waals surface area contributed by atoms with Gasteiger partial charge < -0.3 is 9.64 Å². The zero-order chi connectivity index (χ0) is 13.9. The lowest BCUT2D eigenvalue weighted by Gasteiger charge is -2.29. The van der Waals surface area contributed by atoms with Gasteiger partial charge in [0.05, 0.1) is 13.2 Å². The Kier molecular flexibility index (Phi) is 4.08. The maximum atomic E-state index is 5.43. The predicted octanol–water partition coefficient (Wildman–Crippen LogP) is 4.26. The third-order valence-electron chi connectivity index (χ3n) is 3.75. The SMILES string of the molecule is Cc1ccc(N2CCOCC2)cc1-c1ccc(Br)cc1. The Morgan fingerprint density at radius 1 is 1.00 bits per heavy atom. The van der Waals surface area contributed by atoms with Crippen LogP contribution in [0, 0.1) is 6.92 Å². The molecule has 1 aliphatic rings. The molecule has 0 amide bonds. The summed E-state index contributed by atoms with van der Waals surface area (Å²) >= 11 is 3.49. The number of benzene rings is 2. The van der Waals surface area contributed by atoms with E-state index < -0.39 is 0 Å². The van der Waals surface area contributed by atoms with Crippen molar-refractivity contribution in [3.8, 4) is 11.1 Å². The van der Waals surface area contributed by atoms with Crippen LogP contribution in [0.4, 0.5) is 5.69 Å². The number of anilines is 1. The fraction of sp³-hybridized carbons (Fsp3) is 0.294. The normalized spacial score (nSPS) is 15.4. The minimum absolute atomic E-state index is 0.821. The Balaban J connectivity index is 1.95. The molecule has 0 N–H and O–H groups in total. The molecule has 104 valence electrons. The zero-order valence-corrected chi connectivity index (χ0v) is 13.2. The van der Waals surface area contributed by atoms with Crippen molar-refractivity contribution in [2.24, 2.45) is 0 Å². The summed E-state index contributed by atoms with van der Waals surface area (Å²) in [5.74, 6) is 0. The first kappa shape index (κ1) is 13.7. The van der Waals surface area contributed by atoms with Crippen molar-refractivity contribution in [3.63, 3.8) is 0 Å². The summed E-state index contributed by atoms with van der Waals surface area (Å²) in [7, 11) is 0. The van der Waals surface area contributed by atoms with E-state index in [0.29, 0.717) is 0 Å². The Morgan fingerprint density at radius 3 is 2.40 bits per heavy atom. The van der Waals surface area contributed by atoms with Gasteiger partial charge in [0.25, 0.3) is 0 Å². The van der Waals surface area contributed by atoms with Gasteiger partial charge in [0.2, 0.25) is 0 Å². The molecule has 0 radical (unpaired) electrons. The molecular weight excluding hydrogens is 314 g/mol. The summed E-state index contributed by atoms with van der Waals surface area (Å²) < 4.78 is 6.54. The zero-order valence-electron chi connectivity index (χ0n) is 11.6. The van der Waals surface area contributed by atoms with Crippen LogP contribution in [0.2, 0.25) is 0 Å². The van der Waals surface area contributed by atoms with Crippen molar-refractivity contribution in [2.75, 3.05) is 31.2 Å². The van der Waals surface area contributed by atoms with Gasteiger partial charge >= 0.3 is 0 Å². The lowest BCUT2D eigenvalue weighted by Crippen LogP contribution is -2.36. The van der Waals surface area contributed by atoms with E-state index in [4.69, 9.17) is 4.74 Å². The van der Waals surface area contributed by atoms with Crippen LogP contribution in [0.25, 0.3) is 11.1 Å². The highest BCUT2D eigenvalue weighted by Gasteiger charge is 2.12. The van der Waals surface area contributed by atoms with Crippen LogP contribution in [0.1, 0.15) is 5.56 Å². The third kappa shape index (κ3) is 2.89. The molecule has 3 rings (SSSR count). The van der Waals surface area contributed by atoms with E-state index >= 15 is 0 Å². The van der Waals surface area contributed by atoms with Gasteiger partial charge in [0, 0.05) is 23.2 Å². The molecule has 20 heavy (non-hydrogen) atoms. The van der Waals surface area contributed by atoms with Crippen molar-refractivity contribution < 1.29 is 4.74 Å². The molecule has 1 saturated heterocycles. The first-order chi connectivity index (χ1) is 9.74. The van der Waals surface area contributed by atoms with Crippen LogP contribution in [-0.4, -0.2) is 26.3 Å². The van der Waals surface area contributed by atoms with Gasteiger partial charge in [0.1, 0.15) is 0 Å². The number of hydrogen-bond donors (Lipinski definition) is 0. The smallest absolute Gasteiger partial charge is 0.0642 e. The van der Waals surface area contributed by atoms with Crippen molar-refractivity contribution >= 4 is 21.6 Å². The Morgan fingerprint density at radius 2 is 1.70 bits per heavy atom. The molecule has 1 fully saturated rings. The minimum Gasteiger partial charge on any atom is -0.378 e. The van der Waals surface area contributed by atoms with E-state index in [1.165, 1.54) is 22.4 Å². The molecule has 0 unspecified atom stereocenters. The third-order valence-corrected chi connectivity index (χ3v) is 4.28. The molecule has 2 aromatic carbocycles. The van der Waals surface area contributed by atoms with Gasteiger partial charge in [-0.05, 0) is 47.9 Å². The van der Waals surface area contributed by atoms with Gasteiger partial charge in [-0.25, -0.2) is 0 Å². The summed E-state index contributed by atoms with van der Waals surface area (Å²) in [6, 6.07) is 15.2. The number of morpholine rings is 1. The number of rotatable bonds is 2. The van der Waals surface area contributed by atoms with Crippen molar-refractivity contribution in [3.05, 3.63) is 52.5 Å². The van der Waals surface area contributed by atoms with Crippen molar-refractivity contribution in [1.29, 1.82) is 0 Å². The lowest BCUT2D eigenvalue weighted by atomic mass is 9.99. The molecule has 2 nitrogen and oxygen atoms in total. The van der Waals surface area contributed by atoms with Crippen molar-refractivity contribution in [1.82, 2.24) is 0 Å². The Labute approximate surface area is 128 Å². The summed E-state index contributed by atoms with van der Waals surface area (Å²) in [6.07, 6.45) is 0. The van der Waals surface area contributed by atoms with Gasteiger partial charge in [-0.2, -0.15) is 0 Å². The quantitative estimate of drug-likeness (QED) is 0.815. The highest BCUT2D eigenvalue weighted by molar-refractivity contribution is 9.10. The molecule has 0 spiro atoms. The second kappa shape index (κ2) is 5.98. The highest BCUT2D eigenvalue weighted by Crippen LogP contribution is 2.29. The minimum atomic E-state index is 0.821. The number of halogens is 1. The van der Waals surface area contributed by atoms with Gasteiger partial charge in [0.15, 0.2) is 0 Å². The largest absolute Gasteiger partial charge is 0.378 e. The van der Waals surface area contributed by atoms with Crippen LogP contribution in [-0.2, 0) is 4.74 Å². The summed E-state index contributed by atoms with van der Waals surface area (Å²) in [5.41, 5.74) is 5.17. The molecule has 3 heteroatoms. The van der Waals surface area contributed by atoms with Crippen LogP contribution >= 0.6 is 15.9 Å². The molecule has 1 heterocycles. The number of aryl methyl sites for hydroxylation is 1. The maximum absolute atomic E-state index is 5.43. The summed E-state index contributed by atoms with van der Waals surface area (Å²) in [5, 5.41) is 0. The van der Waals surface area contributed by atoms with Crippen molar-refractivity contribution in [2.45, 2.75) is 6.92 Å². The molecule has 2 aromatic rings. The predicted molar refractivity (Wildman–Crippen MR) is 87.3 cm³/mol. The van der Waals surface area contributed by atoms with Gasteiger partial charge in [-0.15, -0.1) is 0 Å². The van der Waals surface area contributed by atoms with Crippen LogP contribution in [0.5, 0.6) is 0 Å². The molecule has 0 saturated carbocycles. The molecule has 1 aliphatic heterocycles. The lowest BCUT2D eigenvalue weighted by molar-refractivity contribution is 0.122. The second-order valence-corrected chi connectivity index (χ2v) is 6.02. The van der Waals surface area contributed by atoms with Crippen LogP contribution in [0.3, 0.4) is 0 Å². The van der Waals surface area contributed by atoms with Crippen LogP contribution < -0.4 is 4.90 Å². The summed E-state index contributed by atoms with van der Waals surface area (Å²) in [6.45, 7) is 5.76. The summed E-state index contributed by atoms with van der Waals surface area (Å²) in [4.78, 5) is 2.39. The average molecular weight is 332 g/mol. The van der Waals surface area contributed by atoms with E-state index in [9.17, 15) is 0 Å². The monoisotopic (exact) mass is 331 g/mol. The fourth-order valence-corrected chi connectivity index (χ4v) is 2.83. The Bertz CT molecular complexity index is 588. The van der Waals surface area contributed by atoms with E-state index in [-0.39, 0.29) is 0 Å². The first-order valence-corrected chi connectivity index (χ1v) is 7.72. The maximum Gasteiger partial charge on any atom is 0.0642 e. The highest BCUT2D eigenvalue weighted by atomic mass is 79.9. The second-order valence-electron chi connectivity index (χ2n) is 5.11. The van der Waals surface area contributed by atoms with Crippen LogP contribution in [0.15, 0.2) is 46.9 Å². The van der Waals surface area contributed by atoms with Gasteiger partial charge in [-0.3, -0.25) is 0 Å². The van der Waals surface area contributed by atoms with E-state index in [0.717, 1.165) is 30.8 Å². The number of ether oxygens (including phenoxy) is 1. The first-order valence-electron chi connectivity index (χ1n) is 6.93. The molecule has 0 bridgehead atoms. The van der Waals surface area contributed by atoms with E-state index in [2.05, 4.69) is 70.2 Å². The number of hydrogen-bond acceptors (Lipinski definition) is 2. The Hall–Kier alpha value is -1.32. The number of nitrogens with zero attached hydrogens (tertiary/aromatic N) is 1. The molecule has 0 aliphatic carbocycles. The van der Waals surface area contributed by atoms with E-state index in [1.807, 2.05) is 0 Å². The standard InChI is InChI=1S/C17H18BrNO/c1-13-2-7-16(19-8-10-20-11-9-19)12-17(13)14-3-5-15(18)6-4-14/h2-7,12H,8-11H2,1H3. The molecular formula is C17H18BrNO.